The average Bonchev–Trinajstić information content (AvgIpc) is 2.57. The standard InChI is InChI=1S/C14H19BF3NO5S/c1-12(2)13(3,4)24-15(23-12)8-6-10(22-14(16,17)18)9(19)7-11(8)25(5,20)21/h6-7H,19H2,1-5H3. The number of ether oxygens (including phenoxy) is 1. The summed E-state index contributed by atoms with van der Waals surface area (Å²) in [5.74, 6) is -0.718. The van der Waals surface area contributed by atoms with Crippen LogP contribution in [-0.2, 0) is 19.1 Å². The minimum atomic E-state index is -4.98. The molecule has 1 aromatic carbocycles. The second-order valence-corrected chi connectivity index (χ2v) is 8.82. The maximum atomic E-state index is 12.6. The molecule has 1 saturated heterocycles. The van der Waals surface area contributed by atoms with Gasteiger partial charge in [0, 0.05) is 11.7 Å². The molecule has 0 atom stereocenters. The summed E-state index contributed by atoms with van der Waals surface area (Å²) in [5.41, 5.74) is 3.35. The molecule has 2 N–H and O–H groups in total. The van der Waals surface area contributed by atoms with Crippen LogP contribution in [0.5, 0.6) is 5.75 Å². The van der Waals surface area contributed by atoms with Gasteiger partial charge in [-0.25, -0.2) is 8.42 Å². The fourth-order valence-corrected chi connectivity index (χ4v) is 3.20. The van der Waals surface area contributed by atoms with Gasteiger partial charge in [0.15, 0.2) is 15.6 Å². The zero-order valence-electron chi connectivity index (χ0n) is 14.4. The summed E-state index contributed by atoms with van der Waals surface area (Å²) >= 11 is 0. The van der Waals surface area contributed by atoms with E-state index in [9.17, 15) is 21.6 Å². The lowest BCUT2D eigenvalue weighted by Gasteiger charge is -2.32. The molecule has 1 aliphatic heterocycles. The highest BCUT2D eigenvalue weighted by molar-refractivity contribution is 7.91. The van der Waals surface area contributed by atoms with Crippen LogP contribution in [0.25, 0.3) is 0 Å². The zero-order valence-corrected chi connectivity index (χ0v) is 15.2. The summed E-state index contributed by atoms with van der Waals surface area (Å²) in [7, 11) is -4.99. The van der Waals surface area contributed by atoms with Crippen molar-refractivity contribution in [1.29, 1.82) is 0 Å². The summed E-state index contributed by atoms with van der Waals surface area (Å²) in [4.78, 5) is -0.280. The van der Waals surface area contributed by atoms with Gasteiger partial charge >= 0.3 is 13.5 Å². The SMILES string of the molecule is CC1(C)OB(c2cc(OC(F)(F)F)c(N)cc2S(C)(=O)=O)OC1(C)C. The first-order chi connectivity index (χ1) is 11.0. The van der Waals surface area contributed by atoms with Crippen LogP contribution in [0.2, 0.25) is 0 Å². The predicted octanol–water partition coefficient (Wildman–Crippen LogP) is 1.87. The van der Waals surface area contributed by atoms with Gasteiger partial charge in [0.25, 0.3) is 0 Å². The smallest absolute Gasteiger partial charge is 0.404 e. The van der Waals surface area contributed by atoms with Gasteiger partial charge in [0.2, 0.25) is 0 Å². The molecular formula is C14H19BF3NO5S. The van der Waals surface area contributed by atoms with Gasteiger partial charge in [0.1, 0.15) is 0 Å². The van der Waals surface area contributed by atoms with Gasteiger partial charge in [-0.1, -0.05) is 0 Å². The molecule has 6 nitrogen and oxygen atoms in total. The van der Waals surface area contributed by atoms with Gasteiger partial charge in [-0.05, 0) is 39.8 Å². The van der Waals surface area contributed by atoms with Crippen LogP contribution in [0.4, 0.5) is 18.9 Å². The number of nitrogen functional groups attached to an aromatic ring is 1. The predicted molar refractivity (Wildman–Crippen MR) is 86.4 cm³/mol. The van der Waals surface area contributed by atoms with E-state index < -0.39 is 46.0 Å². The molecule has 0 spiro atoms. The van der Waals surface area contributed by atoms with E-state index in [4.69, 9.17) is 15.0 Å². The molecule has 0 aromatic heterocycles. The molecule has 1 fully saturated rings. The minimum absolute atomic E-state index is 0.102. The van der Waals surface area contributed by atoms with Crippen molar-refractivity contribution in [1.82, 2.24) is 0 Å². The van der Waals surface area contributed by atoms with Crippen LogP contribution in [0.15, 0.2) is 17.0 Å². The number of hydrogen-bond donors (Lipinski definition) is 1. The molecular weight excluding hydrogens is 362 g/mol. The molecule has 0 amide bonds. The molecule has 1 aliphatic rings. The molecule has 1 aromatic rings. The highest BCUT2D eigenvalue weighted by Crippen LogP contribution is 2.38. The van der Waals surface area contributed by atoms with E-state index in [1.807, 2.05) is 0 Å². The maximum Gasteiger partial charge on any atom is 0.573 e. The molecule has 11 heteroatoms. The van der Waals surface area contributed by atoms with Crippen LogP contribution in [-0.4, -0.2) is 39.4 Å². The Hall–Kier alpha value is -1.46. The van der Waals surface area contributed by atoms with Gasteiger partial charge in [-0.3, -0.25) is 0 Å². The Morgan fingerprint density at radius 2 is 1.60 bits per heavy atom. The molecule has 0 bridgehead atoms. The van der Waals surface area contributed by atoms with Gasteiger partial charge in [-0.2, -0.15) is 0 Å². The zero-order chi connectivity index (χ0) is 19.4. The first-order valence-electron chi connectivity index (χ1n) is 7.28. The van der Waals surface area contributed by atoms with Crippen LogP contribution in [0, 0.1) is 0 Å². The Labute approximate surface area is 144 Å². The van der Waals surface area contributed by atoms with Crippen LogP contribution >= 0.6 is 0 Å². The number of hydrogen-bond acceptors (Lipinski definition) is 6. The summed E-state index contributed by atoms with van der Waals surface area (Å²) in [6.07, 6.45) is -4.06. The molecule has 0 aliphatic carbocycles. The highest BCUT2D eigenvalue weighted by Gasteiger charge is 2.53. The molecule has 25 heavy (non-hydrogen) atoms. The van der Waals surface area contributed by atoms with E-state index in [2.05, 4.69) is 4.74 Å². The number of sulfone groups is 1. The van der Waals surface area contributed by atoms with Crippen molar-refractivity contribution in [2.45, 2.75) is 50.2 Å². The summed E-state index contributed by atoms with van der Waals surface area (Å²) < 4.78 is 77.1. The van der Waals surface area contributed by atoms with Crippen LogP contribution < -0.4 is 15.9 Å². The molecule has 0 saturated carbocycles. The molecule has 140 valence electrons. The third kappa shape index (κ3) is 4.04. The third-order valence-electron chi connectivity index (χ3n) is 4.27. The lowest BCUT2D eigenvalue weighted by Crippen LogP contribution is -2.41. The second-order valence-electron chi connectivity index (χ2n) is 6.84. The maximum absolute atomic E-state index is 12.6. The van der Waals surface area contributed by atoms with Crippen molar-refractivity contribution < 1.29 is 35.6 Å². The first-order valence-corrected chi connectivity index (χ1v) is 9.17. The fourth-order valence-electron chi connectivity index (χ4n) is 2.28. The van der Waals surface area contributed by atoms with Gasteiger partial charge in [0.05, 0.1) is 21.8 Å². The normalized spacial score (nSPS) is 19.9. The van der Waals surface area contributed by atoms with Crippen molar-refractivity contribution in [3.8, 4) is 5.75 Å². The van der Waals surface area contributed by atoms with Crippen molar-refractivity contribution in [2.75, 3.05) is 12.0 Å². The molecule has 1 heterocycles. The molecule has 0 unspecified atom stereocenters. The van der Waals surface area contributed by atoms with Crippen molar-refractivity contribution >= 4 is 28.1 Å². The monoisotopic (exact) mass is 381 g/mol. The van der Waals surface area contributed by atoms with Gasteiger partial charge in [-0.15, -0.1) is 13.2 Å². The lowest BCUT2D eigenvalue weighted by atomic mass is 9.78. The lowest BCUT2D eigenvalue weighted by molar-refractivity contribution is -0.274. The number of nitrogens with two attached hydrogens (primary N) is 1. The third-order valence-corrected chi connectivity index (χ3v) is 5.43. The minimum Gasteiger partial charge on any atom is -0.404 e. The van der Waals surface area contributed by atoms with E-state index in [1.54, 1.807) is 27.7 Å². The number of anilines is 1. The van der Waals surface area contributed by atoms with E-state index >= 15 is 0 Å². The van der Waals surface area contributed by atoms with E-state index in [0.717, 1.165) is 18.4 Å². The van der Waals surface area contributed by atoms with Gasteiger partial charge < -0.3 is 19.8 Å². The summed E-state index contributed by atoms with van der Waals surface area (Å²) in [6, 6.07) is 1.80. The number of rotatable bonds is 3. The molecule has 0 radical (unpaired) electrons. The summed E-state index contributed by atoms with van der Waals surface area (Å²) in [5, 5.41) is 0. The molecule has 2 rings (SSSR count). The highest BCUT2D eigenvalue weighted by atomic mass is 32.2. The number of benzene rings is 1. The number of halogens is 3. The number of alkyl halides is 3. The average molecular weight is 381 g/mol. The van der Waals surface area contributed by atoms with Crippen molar-refractivity contribution in [3.63, 3.8) is 0 Å². The Morgan fingerprint density at radius 3 is 2.00 bits per heavy atom. The Balaban J connectivity index is 2.61. The van der Waals surface area contributed by atoms with E-state index in [0.29, 0.717) is 0 Å². The van der Waals surface area contributed by atoms with E-state index in [-0.39, 0.29) is 10.4 Å². The Morgan fingerprint density at radius 1 is 1.12 bits per heavy atom. The fraction of sp³-hybridized carbons (Fsp3) is 0.571. The quantitative estimate of drug-likeness (QED) is 0.636. The Bertz CT molecular complexity index is 776. The Kier molecular flexibility index (Phi) is 4.59. The summed E-state index contributed by atoms with van der Waals surface area (Å²) in [6.45, 7) is 6.93. The van der Waals surface area contributed by atoms with E-state index in [1.165, 1.54) is 0 Å². The van der Waals surface area contributed by atoms with Crippen molar-refractivity contribution in [2.24, 2.45) is 0 Å². The van der Waals surface area contributed by atoms with Crippen molar-refractivity contribution in [3.05, 3.63) is 12.1 Å². The first kappa shape index (κ1) is 19.9. The topological polar surface area (TPSA) is 87.9 Å². The largest absolute Gasteiger partial charge is 0.573 e. The van der Waals surface area contributed by atoms with Crippen LogP contribution in [0.1, 0.15) is 27.7 Å². The van der Waals surface area contributed by atoms with Crippen LogP contribution in [0.3, 0.4) is 0 Å². The second kappa shape index (κ2) is 5.78.